The largest absolute Gasteiger partial charge is 0.389 e. The van der Waals surface area contributed by atoms with E-state index in [4.69, 9.17) is 18.0 Å². The molecule has 0 aliphatic rings. The van der Waals surface area contributed by atoms with E-state index in [1.165, 1.54) is 12.1 Å². The van der Waals surface area contributed by atoms with Gasteiger partial charge < -0.3 is 10.6 Å². The van der Waals surface area contributed by atoms with E-state index in [0.717, 1.165) is 0 Å². The zero-order valence-electron chi connectivity index (χ0n) is 12.0. The summed E-state index contributed by atoms with van der Waals surface area (Å²) in [6.07, 6.45) is 0. The van der Waals surface area contributed by atoms with Gasteiger partial charge in [-0.15, -0.1) is 0 Å². The predicted molar refractivity (Wildman–Crippen MR) is 85.3 cm³/mol. The summed E-state index contributed by atoms with van der Waals surface area (Å²) < 4.78 is 26.7. The molecule has 0 saturated heterocycles. The summed E-state index contributed by atoms with van der Waals surface area (Å²) in [7, 11) is -1.53. The van der Waals surface area contributed by atoms with Crippen LogP contribution in [0, 0.1) is 0 Å². The number of hydrogen-bond acceptors (Lipinski definition) is 4. The highest BCUT2D eigenvalue weighted by atomic mass is 32.2. The third-order valence-corrected chi connectivity index (χ3v) is 4.80. The van der Waals surface area contributed by atoms with Crippen LogP contribution in [0.4, 0.5) is 0 Å². The molecule has 3 N–H and O–H groups in total. The molecule has 0 atom stereocenters. The van der Waals surface area contributed by atoms with Gasteiger partial charge in [-0.2, -0.15) is 0 Å². The number of likely N-dealkylation sites (N-methyl/N-ethyl adjacent to an activating group) is 1. The van der Waals surface area contributed by atoms with Crippen molar-refractivity contribution in [2.24, 2.45) is 5.73 Å². The van der Waals surface area contributed by atoms with Crippen molar-refractivity contribution in [1.82, 2.24) is 9.62 Å². The summed E-state index contributed by atoms with van der Waals surface area (Å²) in [6, 6.07) is 6.60. The lowest BCUT2D eigenvalue weighted by atomic mass is 10.2. The van der Waals surface area contributed by atoms with Gasteiger partial charge in [-0.05, 0) is 33.0 Å². The number of sulfonamides is 1. The molecule has 20 heavy (non-hydrogen) atoms. The van der Waals surface area contributed by atoms with Gasteiger partial charge in [-0.1, -0.05) is 24.4 Å². The standard InChI is InChI=1S/C13H21N3O2S2/c1-10(2)16(3)9-8-15-20(17,18)12-6-4-11(5-7-12)13(14)19/h4-7,10,15H,8-9H2,1-3H3,(H2,14,19). The fourth-order valence-electron chi connectivity index (χ4n) is 1.50. The quantitative estimate of drug-likeness (QED) is 0.733. The summed E-state index contributed by atoms with van der Waals surface area (Å²) in [6.45, 7) is 5.14. The van der Waals surface area contributed by atoms with Gasteiger partial charge in [0.05, 0.1) is 4.90 Å². The summed E-state index contributed by atoms with van der Waals surface area (Å²) in [5.74, 6) is 0. The fourth-order valence-corrected chi connectivity index (χ4v) is 2.65. The van der Waals surface area contributed by atoms with Gasteiger partial charge in [0, 0.05) is 24.7 Å². The molecule has 1 aromatic rings. The van der Waals surface area contributed by atoms with E-state index in [2.05, 4.69) is 23.5 Å². The lowest BCUT2D eigenvalue weighted by Crippen LogP contribution is -2.36. The number of nitrogens with zero attached hydrogens (tertiary/aromatic N) is 1. The molecule has 0 unspecified atom stereocenters. The van der Waals surface area contributed by atoms with Gasteiger partial charge in [0.25, 0.3) is 0 Å². The highest BCUT2D eigenvalue weighted by Gasteiger charge is 2.14. The highest BCUT2D eigenvalue weighted by molar-refractivity contribution is 7.89. The van der Waals surface area contributed by atoms with E-state index in [1.54, 1.807) is 12.1 Å². The Morgan fingerprint density at radius 1 is 1.35 bits per heavy atom. The van der Waals surface area contributed by atoms with Crippen LogP contribution >= 0.6 is 12.2 Å². The minimum Gasteiger partial charge on any atom is -0.389 e. The highest BCUT2D eigenvalue weighted by Crippen LogP contribution is 2.10. The molecule has 0 bridgehead atoms. The van der Waals surface area contributed by atoms with Crippen LogP contribution in [-0.4, -0.2) is 44.5 Å². The molecular weight excluding hydrogens is 294 g/mol. The minimum absolute atomic E-state index is 0.213. The molecule has 0 saturated carbocycles. The molecule has 7 heteroatoms. The Morgan fingerprint density at radius 3 is 2.35 bits per heavy atom. The maximum absolute atomic E-state index is 12.1. The van der Waals surface area contributed by atoms with Gasteiger partial charge in [-0.3, -0.25) is 0 Å². The molecule has 5 nitrogen and oxygen atoms in total. The second kappa shape index (κ2) is 7.12. The van der Waals surface area contributed by atoms with Gasteiger partial charge >= 0.3 is 0 Å². The Hall–Kier alpha value is -1.02. The van der Waals surface area contributed by atoms with Crippen molar-refractivity contribution in [3.05, 3.63) is 29.8 Å². The minimum atomic E-state index is -3.48. The maximum atomic E-state index is 12.1. The van der Waals surface area contributed by atoms with Crippen LogP contribution in [0.2, 0.25) is 0 Å². The summed E-state index contributed by atoms with van der Waals surface area (Å²) in [5, 5.41) is 0. The average Bonchev–Trinajstić information content (AvgIpc) is 2.38. The zero-order chi connectivity index (χ0) is 15.3. The third kappa shape index (κ3) is 4.82. The average molecular weight is 315 g/mol. The predicted octanol–water partition coefficient (Wildman–Crippen LogP) is 0.939. The van der Waals surface area contributed by atoms with Gasteiger partial charge in [-0.25, -0.2) is 13.1 Å². The molecule has 0 aliphatic heterocycles. The van der Waals surface area contributed by atoms with Crippen molar-refractivity contribution >= 4 is 27.2 Å². The van der Waals surface area contributed by atoms with Crippen molar-refractivity contribution in [1.29, 1.82) is 0 Å². The van der Waals surface area contributed by atoms with E-state index in [1.807, 2.05) is 7.05 Å². The van der Waals surface area contributed by atoms with Crippen LogP contribution in [0.5, 0.6) is 0 Å². The molecular formula is C13H21N3O2S2. The Labute approximate surface area is 126 Å². The number of thiocarbonyl (C=S) groups is 1. The molecule has 1 rings (SSSR count). The van der Waals surface area contributed by atoms with E-state index in [-0.39, 0.29) is 9.88 Å². The first kappa shape index (κ1) is 17.0. The number of rotatable bonds is 7. The fraction of sp³-hybridized carbons (Fsp3) is 0.462. The third-order valence-electron chi connectivity index (χ3n) is 3.09. The molecule has 0 radical (unpaired) electrons. The molecule has 0 aliphatic carbocycles. The van der Waals surface area contributed by atoms with Crippen LogP contribution in [0.1, 0.15) is 19.4 Å². The van der Waals surface area contributed by atoms with E-state index in [0.29, 0.717) is 24.7 Å². The van der Waals surface area contributed by atoms with Crippen molar-refractivity contribution in [3.8, 4) is 0 Å². The van der Waals surface area contributed by atoms with Crippen molar-refractivity contribution in [2.45, 2.75) is 24.8 Å². The Morgan fingerprint density at radius 2 is 1.90 bits per heavy atom. The molecule has 0 spiro atoms. The molecule has 1 aromatic carbocycles. The number of nitrogens with two attached hydrogens (primary N) is 1. The topological polar surface area (TPSA) is 75.4 Å². The summed E-state index contributed by atoms with van der Waals surface area (Å²) in [5.41, 5.74) is 6.13. The second-order valence-corrected chi connectivity index (χ2v) is 7.07. The second-order valence-electron chi connectivity index (χ2n) is 4.86. The van der Waals surface area contributed by atoms with E-state index in [9.17, 15) is 8.42 Å². The van der Waals surface area contributed by atoms with Gasteiger partial charge in [0.2, 0.25) is 10.0 Å². The molecule has 112 valence electrons. The van der Waals surface area contributed by atoms with Crippen LogP contribution in [0.15, 0.2) is 29.2 Å². The first-order valence-corrected chi connectivity index (χ1v) is 8.23. The normalized spacial score (nSPS) is 12.1. The number of nitrogens with one attached hydrogen (secondary N) is 1. The van der Waals surface area contributed by atoms with Gasteiger partial charge in [0.1, 0.15) is 4.99 Å². The molecule has 0 aromatic heterocycles. The lowest BCUT2D eigenvalue weighted by molar-refractivity contribution is 0.278. The maximum Gasteiger partial charge on any atom is 0.240 e. The van der Waals surface area contributed by atoms with E-state index < -0.39 is 10.0 Å². The number of benzene rings is 1. The van der Waals surface area contributed by atoms with Crippen molar-refractivity contribution in [3.63, 3.8) is 0 Å². The molecule has 0 fully saturated rings. The first-order valence-electron chi connectivity index (χ1n) is 6.34. The summed E-state index contributed by atoms with van der Waals surface area (Å²) in [4.78, 5) is 2.53. The monoisotopic (exact) mass is 315 g/mol. The molecule has 0 heterocycles. The first-order chi connectivity index (χ1) is 9.24. The zero-order valence-corrected chi connectivity index (χ0v) is 13.6. The SMILES string of the molecule is CC(C)N(C)CCNS(=O)(=O)c1ccc(C(N)=S)cc1. The Bertz CT molecular complexity index is 553. The van der Waals surface area contributed by atoms with Crippen LogP contribution < -0.4 is 10.5 Å². The van der Waals surface area contributed by atoms with Crippen LogP contribution in [0.3, 0.4) is 0 Å². The van der Waals surface area contributed by atoms with Crippen LogP contribution in [0.25, 0.3) is 0 Å². The van der Waals surface area contributed by atoms with Gasteiger partial charge in [0.15, 0.2) is 0 Å². The lowest BCUT2D eigenvalue weighted by Gasteiger charge is -2.20. The van der Waals surface area contributed by atoms with Crippen molar-refractivity contribution in [2.75, 3.05) is 20.1 Å². The Kier molecular flexibility index (Phi) is 6.07. The molecule has 0 amide bonds. The Balaban J connectivity index is 2.67. The summed E-state index contributed by atoms with van der Waals surface area (Å²) >= 11 is 4.83. The van der Waals surface area contributed by atoms with Crippen LogP contribution in [-0.2, 0) is 10.0 Å². The smallest absolute Gasteiger partial charge is 0.240 e. The van der Waals surface area contributed by atoms with E-state index >= 15 is 0 Å². The number of hydrogen-bond donors (Lipinski definition) is 2. The van der Waals surface area contributed by atoms with Crippen molar-refractivity contribution < 1.29 is 8.42 Å².